The third-order valence-corrected chi connectivity index (χ3v) is 4.69. The van der Waals surface area contributed by atoms with Gasteiger partial charge < -0.3 is 15.4 Å². The first-order valence-electron chi connectivity index (χ1n) is 8.24. The van der Waals surface area contributed by atoms with Crippen LogP contribution in [0.1, 0.15) is 25.3 Å². The minimum atomic E-state index is 0. The lowest BCUT2D eigenvalue weighted by Crippen LogP contribution is -2.48. The van der Waals surface area contributed by atoms with E-state index in [4.69, 9.17) is 10.5 Å². The van der Waals surface area contributed by atoms with Crippen LogP contribution in [0.2, 0.25) is 0 Å². The van der Waals surface area contributed by atoms with Crippen molar-refractivity contribution >= 4 is 18.2 Å². The molecule has 2 atom stereocenters. The van der Waals surface area contributed by atoms with E-state index < -0.39 is 0 Å². The first-order chi connectivity index (χ1) is 10.7. The average molecular weight is 343 g/mol. The number of halogens is 1. The minimum Gasteiger partial charge on any atom is -0.383 e. The first kappa shape index (κ1) is 20.2. The highest BCUT2D eigenvalue weighted by Crippen LogP contribution is 2.24. The number of methoxy groups -OCH3 is 1. The molecular formula is C17H31ClN4O. The van der Waals surface area contributed by atoms with E-state index in [2.05, 4.69) is 33.8 Å². The van der Waals surface area contributed by atoms with Crippen LogP contribution in [0.5, 0.6) is 0 Å². The minimum absolute atomic E-state index is 0. The van der Waals surface area contributed by atoms with Gasteiger partial charge in [0.05, 0.1) is 6.61 Å². The fraction of sp³-hybridized carbons (Fsp3) is 0.706. The lowest BCUT2D eigenvalue weighted by atomic mass is 9.90. The Bertz CT molecular complexity index is 443. The molecule has 2 rings (SSSR count). The fourth-order valence-corrected chi connectivity index (χ4v) is 3.23. The Morgan fingerprint density at radius 3 is 2.83 bits per heavy atom. The number of hydrogen-bond acceptors (Lipinski definition) is 5. The molecule has 0 aromatic carbocycles. The largest absolute Gasteiger partial charge is 0.383 e. The van der Waals surface area contributed by atoms with Crippen molar-refractivity contribution in [3.05, 3.63) is 23.9 Å². The number of nitrogens with zero attached hydrogens (tertiary/aromatic N) is 3. The molecule has 2 N–H and O–H groups in total. The molecular weight excluding hydrogens is 312 g/mol. The fourth-order valence-electron chi connectivity index (χ4n) is 3.23. The van der Waals surface area contributed by atoms with Crippen LogP contribution in [0, 0.1) is 5.92 Å². The molecule has 2 unspecified atom stereocenters. The van der Waals surface area contributed by atoms with Crippen LogP contribution < -0.4 is 10.6 Å². The van der Waals surface area contributed by atoms with Crippen molar-refractivity contribution in [2.45, 2.75) is 32.4 Å². The normalized spacial score (nSPS) is 21.7. The van der Waals surface area contributed by atoms with E-state index in [-0.39, 0.29) is 12.4 Å². The first-order valence-corrected chi connectivity index (χ1v) is 8.24. The van der Waals surface area contributed by atoms with Crippen LogP contribution >= 0.6 is 12.4 Å². The highest BCUT2D eigenvalue weighted by Gasteiger charge is 2.27. The highest BCUT2D eigenvalue weighted by molar-refractivity contribution is 5.85. The maximum absolute atomic E-state index is 5.97. The summed E-state index contributed by atoms with van der Waals surface area (Å²) in [6.07, 6.45) is 4.55. The van der Waals surface area contributed by atoms with Crippen LogP contribution in [0.25, 0.3) is 0 Å². The van der Waals surface area contributed by atoms with Gasteiger partial charge in [-0.05, 0) is 36.9 Å². The number of nitrogens with two attached hydrogens (primary N) is 1. The van der Waals surface area contributed by atoms with Gasteiger partial charge >= 0.3 is 0 Å². The zero-order valence-corrected chi connectivity index (χ0v) is 15.4. The lowest BCUT2D eigenvalue weighted by Gasteiger charge is -2.39. The molecule has 0 amide bonds. The van der Waals surface area contributed by atoms with Gasteiger partial charge in [0.15, 0.2) is 0 Å². The van der Waals surface area contributed by atoms with Crippen molar-refractivity contribution in [3.8, 4) is 0 Å². The van der Waals surface area contributed by atoms with Gasteiger partial charge in [-0.1, -0.05) is 13.0 Å². The molecule has 1 aliphatic heterocycles. The Kier molecular flexibility index (Phi) is 8.84. The van der Waals surface area contributed by atoms with Crippen molar-refractivity contribution < 1.29 is 4.74 Å². The van der Waals surface area contributed by atoms with Crippen molar-refractivity contribution in [2.75, 3.05) is 45.3 Å². The van der Waals surface area contributed by atoms with Gasteiger partial charge in [-0.25, -0.2) is 4.98 Å². The van der Waals surface area contributed by atoms with Gasteiger partial charge in [-0.3, -0.25) is 4.90 Å². The van der Waals surface area contributed by atoms with Gasteiger partial charge in [0.2, 0.25) is 0 Å². The summed E-state index contributed by atoms with van der Waals surface area (Å²) in [6.45, 7) is 6.71. The van der Waals surface area contributed by atoms with Gasteiger partial charge in [0, 0.05) is 46.0 Å². The van der Waals surface area contributed by atoms with Gasteiger partial charge in [-0.15, -0.1) is 12.4 Å². The quantitative estimate of drug-likeness (QED) is 0.822. The summed E-state index contributed by atoms with van der Waals surface area (Å²) in [5, 5.41) is 0. The lowest BCUT2D eigenvalue weighted by molar-refractivity contribution is 0.0990. The number of likely N-dealkylation sites (N-methyl/N-ethyl adjacent to an activating group) is 1. The summed E-state index contributed by atoms with van der Waals surface area (Å²) >= 11 is 0. The van der Waals surface area contributed by atoms with Crippen molar-refractivity contribution in [1.29, 1.82) is 0 Å². The number of aromatic nitrogens is 1. The summed E-state index contributed by atoms with van der Waals surface area (Å²) in [5.74, 6) is 1.68. The number of rotatable bonds is 7. The summed E-state index contributed by atoms with van der Waals surface area (Å²) < 4.78 is 5.10. The number of likely N-dealkylation sites (tertiary alicyclic amines) is 1. The van der Waals surface area contributed by atoms with Gasteiger partial charge in [0.25, 0.3) is 0 Å². The number of piperidine rings is 1. The monoisotopic (exact) mass is 342 g/mol. The second-order valence-corrected chi connectivity index (χ2v) is 6.33. The number of pyridine rings is 1. The van der Waals surface area contributed by atoms with E-state index in [0.29, 0.717) is 18.6 Å². The number of anilines is 1. The third-order valence-electron chi connectivity index (χ3n) is 4.69. The molecule has 23 heavy (non-hydrogen) atoms. The predicted molar refractivity (Wildman–Crippen MR) is 98.3 cm³/mol. The molecule has 0 saturated carbocycles. The standard InChI is InChI=1S/C17H30N4O.ClH/c1-14-5-4-8-21(16(14)11-18)13-15-6-7-17(19-12-15)20(2)9-10-22-3;/h6-7,12,14,16H,4-5,8-11,13,18H2,1-3H3;1H. The molecule has 5 nitrogen and oxygen atoms in total. The molecule has 0 spiro atoms. The molecule has 1 aromatic rings. The van der Waals surface area contributed by atoms with E-state index in [9.17, 15) is 0 Å². The Balaban J connectivity index is 0.00000264. The zero-order valence-electron chi connectivity index (χ0n) is 14.6. The number of ether oxygens (including phenoxy) is 1. The maximum atomic E-state index is 5.97. The second kappa shape index (κ2) is 10.1. The molecule has 0 radical (unpaired) electrons. The van der Waals surface area contributed by atoms with Crippen LogP contribution in [0.4, 0.5) is 5.82 Å². The van der Waals surface area contributed by atoms with Crippen LogP contribution in [-0.2, 0) is 11.3 Å². The second-order valence-electron chi connectivity index (χ2n) is 6.33. The van der Waals surface area contributed by atoms with Crippen LogP contribution in [0.3, 0.4) is 0 Å². The molecule has 6 heteroatoms. The summed E-state index contributed by atoms with van der Waals surface area (Å²) in [4.78, 5) is 9.20. The van der Waals surface area contributed by atoms with Gasteiger partial charge in [0.1, 0.15) is 5.82 Å². The van der Waals surface area contributed by atoms with Crippen LogP contribution in [-0.4, -0.2) is 56.3 Å². The molecule has 1 saturated heterocycles. The molecule has 2 heterocycles. The third kappa shape index (κ3) is 5.60. The molecule has 1 aliphatic rings. The maximum Gasteiger partial charge on any atom is 0.128 e. The SMILES string of the molecule is COCCN(C)c1ccc(CN2CCCC(C)C2CN)cn1.Cl. The predicted octanol–water partition coefficient (Wildman–Crippen LogP) is 2.15. The zero-order chi connectivity index (χ0) is 15.9. The smallest absolute Gasteiger partial charge is 0.128 e. The highest BCUT2D eigenvalue weighted by atomic mass is 35.5. The Hall–Kier alpha value is -0.880. The molecule has 1 aromatic heterocycles. The van der Waals surface area contributed by atoms with E-state index >= 15 is 0 Å². The summed E-state index contributed by atoms with van der Waals surface area (Å²) in [6, 6.07) is 4.77. The Morgan fingerprint density at radius 1 is 1.43 bits per heavy atom. The molecule has 0 aliphatic carbocycles. The molecule has 0 bridgehead atoms. The molecule has 1 fully saturated rings. The van der Waals surface area contributed by atoms with Crippen molar-refractivity contribution in [3.63, 3.8) is 0 Å². The van der Waals surface area contributed by atoms with E-state index in [1.54, 1.807) is 7.11 Å². The van der Waals surface area contributed by atoms with E-state index in [0.717, 1.165) is 32.0 Å². The van der Waals surface area contributed by atoms with Crippen LogP contribution in [0.15, 0.2) is 18.3 Å². The number of hydrogen-bond donors (Lipinski definition) is 1. The van der Waals surface area contributed by atoms with Gasteiger partial charge in [-0.2, -0.15) is 0 Å². The summed E-state index contributed by atoms with van der Waals surface area (Å²) in [7, 11) is 3.76. The van der Waals surface area contributed by atoms with E-state index in [1.165, 1.54) is 18.4 Å². The van der Waals surface area contributed by atoms with Crippen molar-refractivity contribution in [1.82, 2.24) is 9.88 Å². The Labute approximate surface area is 146 Å². The Morgan fingerprint density at radius 2 is 2.22 bits per heavy atom. The molecule has 132 valence electrons. The van der Waals surface area contributed by atoms with E-state index in [1.807, 2.05) is 13.2 Å². The summed E-state index contributed by atoms with van der Waals surface area (Å²) in [5.41, 5.74) is 7.23. The topological polar surface area (TPSA) is 54.6 Å². The average Bonchev–Trinajstić information content (AvgIpc) is 2.53. The van der Waals surface area contributed by atoms with Crippen molar-refractivity contribution in [2.24, 2.45) is 11.7 Å².